The molecule has 1 aromatic heterocycles. The number of aryl methyl sites for hydroxylation is 2. The van der Waals surface area contributed by atoms with E-state index in [1.54, 1.807) is 7.11 Å². The molecule has 6 nitrogen and oxygen atoms in total. The van der Waals surface area contributed by atoms with Crippen LogP contribution < -0.4 is 0 Å². The molecule has 1 aromatic carbocycles. The van der Waals surface area contributed by atoms with Crippen LogP contribution in [0.1, 0.15) is 36.1 Å². The van der Waals surface area contributed by atoms with Gasteiger partial charge in [-0.1, -0.05) is 24.3 Å². The summed E-state index contributed by atoms with van der Waals surface area (Å²) in [6, 6.07) is 8.39. The number of rotatable bonds is 5. The van der Waals surface area contributed by atoms with Gasteiger partial charge in [0.05, 0.1) is 0 Å². The van der Waals surface area contributed by atoms with Crippen LogP contribution in [-0.4, -0.2) is 45.3 Å². The molecule has 0 unspecified atom stereocenters. The zero-order chi connectivity index (χ0) is 17.8. The molecule has 1 amide bonds. The molecular formula is C19H26N4O2. The van der Waals surface area contributed by atoms with Crippen LogP contribution in [0.4, 0.5) is 0 Å². The molecule has 2 heterocycles. The minimum Gasteiger partial charge on any atom is -0.377 e. The maximum Gasteiger partial charge on any atom is 0.223 e. The summed E-state index contributed by atoms with van der Waals surface area (Å²) in [5, 5.41) is 8.48. The van der Waals surface area contributed by atoms with Gasteiger partial charge in [0.2, 0.25) is 5.91 Å². The topological polar surface area (TPSA) is 60.3 Å². The summed E-state index contributed by atoms with van der Waals surface area (Å²) >= 11 is 0. The number of carbonyl (C=O) groups is 1. The van der Waals surface area contributed by atoms with Crippen molar-refractivity contribution >= 4 is 5.91 Å². The molecule has 0 spiro atoms. The highest BCUT2D eigenvalue weighted by molar-refractivity contribution is 5.77. The number of nitrogens with zero attached hydrogens (tertiary/aromatic N) is 4. The molecule has 0 N–H and O–H groups in total. The molecule has 6 heteroatoms. The third-order valence-electron chi connectivity index (χ3n) is 4.94. The monoisotopic (exact) mass is 342 g/mol. The van der Waals surface area contributed by atoms with Crippen molar-refractivity contribution in [2.45, 2.75) is 52.3 Å². The second kappa shape index (κ2) is 7.78. The zero-order valence-electron chi connectivity index (χ0n) is 15.2. The second-order valence-corrected chi connectivity index (χ2v) is 6.68. The van der Waals surface area contributed by atoms with Crippen molar-refractivity contribution in [2.75, 3.05) is 13.7 Å². The summed E-state index contributed by atoms with van der Waals surface area (Å²) in [7, 11) is 1.66. The fourth-order valence-electron chi connectivity index (χ4n) is 3.47. The van der Waals surface area contributed by atoms with Crippen molar-refractivity contribution in [3.8, 4) is 0 Å². The fourth-order valence-corrected chi connectivity index (χ4v) is 3.47. The van der Waals surface area contributed by atoms with Gasteiger partial charge in [-0.2, -0.15) is 0 Å². The molecule has 0 fully saturated rings. The van der Waals surface area contributed by atoms with E-state index in [4.69, 9.17) is 4.74 Å². The molecule has 25 heavy (non-hydrogen) atoms. The molecule has 0 aliphatic carbocycles. The van der Waals surface area contributed by atoms with Gasteiger partial charge in [-0.3, -0.25) is 4.79 Å². The molecule has 0 bridgehead atoms. The summed E-state index contributed by atoms with van der Waals surface area (Å²) < 4.78 is 7.28. The molecule has 0 radical (unpaired) electrons. The Hall–Kier alpha value is -2.21. The number of ether oxygens (including phenoxy) is 1. The maximum absolute atomic E-state index is 12.8. The van der Waals surface area contributed by atoms with Gasteiger partial charge in [0.15, 0.2) is 5.82 Å². The molecule has 2 aromatic rings. The maximum atomic E-state index is 12.8. The lowest BCUT2D eigenvalue weighted by atomic mass is 10.0. The van der Waals surface area contributed by atoms with Crippen molar-refractivity contribution in [3.05, 3.63) is 47.0 Å². The van der Waals surface area contributed by atoms with Crippen LogP contribution in [0.5, 0.6) is 0 Å². The Bertz CT molecular complexity index is 741. The van der Waals surface area contributed by atoms with Gasteiger partial charge in [0.25, 0.3) is 0 Å². The van der Waals surface area contributed by atoms with Gasteiger partial charge in [-0.05, 0) is 31.4 Å². The Labute approximate surface area is 148 Å². The Morgan fingerprint density at radius 2 is 2.08 bits per heavy atom. The van der Waals surface area contributed by atoms with E-state index in [1.165, 1.54) is 11.1 Å². The summed E-state index contributed by atoms with van der Waals surface area (Å²) in [6.45, 7) is 6.04. The van der Waals surface area contributed by atoms with Gasteiger partial charge >= 0.3 is 0 Å². The van der Waals surface area contributed by atoms with Gasteiger partial charge < -0.3 is 14.2 Å². The Morgan fingerprint density at radius 1 is 1.28 bits per heavy atom. The first-order valence-corrected chi connectivity index (χ1v) is 8.84. The number of aromatic nitrogens is 3. The molecule has 1 aliphatic rings. The normalized spacial score (nSPS) is 17.2. The average molecular weight is 342 g/mol. The van der Waals surface area contributed by atoms with Gasteiger partial charge in [-0.25, -0.2) is 0 Å². The van der Waals surface area contributed by atoms with E-state index in [0.29, 0.717) is 19.6 Å². The van der Waals surface area contributed by atoms with E-state index in [1.807, 2.05) is 17.0 Å². The van der Waals surface area contributed by atoms with Crippen LogP contribution in [0.25, 0.3) is 0 Å². The average Bonchev–Trinajstić information content (AvgIpc) is 2.87. The van der Waals surface area contributed by atoms with E-state index in [9.17, 15) is 4.79 Å². The molecule has 1 atom stereocenters. The van der Waals surface area contributed by atoms with Crippen molar-refractivity contribution in [3.63, 3.8) is 0 Å². The SMILES string of the molecule is COCc1nnc2n1CCN(C(=O)CCc1ccccc1C)[C@H](C)C2. The van der Waals surface area contributed by atoms with Crippen LogP contribution in [0.2, 0.25) is 0 Å². The minimum atomic E-state index is 0.130. The molecule has 3 rings (SSSR count). The molecule has 134 valence electrons. The first kappa shape index (κ1) is 17.6. The van der Waals surface area contributed by atoms with Gasteiger partial charge in [0.1, 0.15) is 12.4 Å². The van der Waals surface area contributed by atoms with Crippen LogP contribution in [0.3, 0.4) is 0 Å². The van der Waals surface area contributed by atoms with Crippen molar-refractivity contribution in [1.29, 1.82) is 0 Å². The molecular weight excluding hydrogens is 316 g/mol. The highest BCUT2D eigenvalue weighted by atomic mass is 16.5. The van der Waals surface area contributed by atoms with E-state index in [2.05, 4.69) is 40.7 Å². The van der Waals surface area contributed by atoms with E-state index in [-0.39, 0.29) is 11.9 Å². The third kappa shape index (κ3) is 3.90. The Morgan fingerprint density at radius 3 is 2.84 bits per heavy atom. The van der Waals surface area contributed by atoms with Crippen molar-refractivity contribution < 1.29 is 9.53 Å². The number of amides is 1. The number of methoxy groups -OCH3 is 1. The smallest absolute Gasteiger partial charge is 0.223 e. The second-order valence-electron chi connectivity index (χ2n) is 6.68. The highest BCUT2D eigenvalue weighted by Gasteiger charge is 2.26. The highest BCUT2D eigenvalue weighted by Crippen LogP contribution is 2.17. The number of hydrogen-bond acceptors (Lipinski definition) is 4. The van der Waals surface area contributed by atoms with Gasteiger partial charge in [-0.15, -0.1) is 10.2 Å². The van der Waals surface area contributed by atoms with E-state index >= 15 is 0 Å². The molecule has 1 aliphatic heterocycles. The van der Waals surface area contributed by atoms with Crippen LogP contribution in [0.15, 0.2) is 24.3 Å². The van der Waals surface area contributed by atoms with E-state index in [0.717, 1.165) is 31.0 Å². The summed E-state index contributed by atoms with van der Waals surface area (Å²) in [5.41, 5.74) is 2.49. The lowest BCUT2D eigenvalue weighted by Gasteiger charge is -2.27. The van der Waals surface area contributed by atoms with Crippen molar-refractivity contribution in [1.82, 2.24) is 19.7 Å². The third-order valence-corrected chi connectivity index (χ3v) is 4.94. The summed E-state index contributed by atoms with van der Waals surface area (Å²) in [6.07, 6.45) is 2.06. The fraction of sp³-hybridized carbons (Fsp3) is 0.526. The quantitative estimate of drug-likeness (QED) is 0.835. The largest absolute Gasteiger partial charge is 0.377 e. The predicted octanol–water partition coefficient (Wildman–Crippen LogP) is 2.14. The predicted molar refractivity (Wildman–Crippen MR) is 95.1 cm³/mol. The first-order valence-electron chi connectivity index (χ1n) is 8.84. The summed E-state index contributed by atoms with van der Waals surface area (Å²) in [4.78, 5) is 14.8. The first-order chi connectivity index (χ1) is 12.1. The van der Waals surface area contributed by atoms with Gasteiger partial charge in [0, 0.05) is 39.1 Å². The number of hydrogen-bond donors (Lipinski definition) is 0. The van der Waals surface area contributed by atoms with E-state index < -0.39 is 0 Å². The van der Waals surface area contributed by atoms with Crippen molar-refractivity contribution in [2.24, 2.45) is 0 Å². The van der Waals surface area contributed by atoms with Crippen LogP contribution in [0, 0.1) is 6.92 Å². The number of carbonyl (C=O) groups excluding carboxylic acids is 1. The van der Waals surface area contributed by atoms with Crippen LogP contribution in [-0.2, 0) is 35.5 Å². The Balaban J connectivity index is 1.65. The molecule has 0 saturated carbocycles. The number of benzene rings is 1. The Kier molecular flexibility index (Phi) is 5.48. The molecule has 0 saturated heterocycles. The summed E-state index contributed by atoms with van der Waals surface area (Å²) in [5.74, 6) is 1.98. The lowest BCUT2D eigenvalue weighted by Crippen LogP contribution is -2.40. The van der Waals surface area contributed by atoms with Crippen LogP contribution >= 0.6 is 0 Å². The standard InChI is InChI=1S/C19H26N4O2/c1-14-6-4-5-7-16(14)8-9-19(24)22-10-11-23-17(12-15(22)2)20-21-18(23)13-25-3/h4-7,15H,8-13H2,1-3H3/t15-/m1/s1. The minimum absolute atomic E-state index is 0.130. The number of fused-ring (bicyclic) bond motifs is 1. The lowest BCUT2D eigenvalue weighted by molar-refractivity contribution is -0.133. The zero-order valence-corrected chi connectivity index (χ0v) is 15.2.